The number of aromatic nitrogens is 1. The van der Waals surface area contributed by atoms with Crippen molar-refractivity contribution < 1.29 is 4.79 Å². The molecule has 0 unspecified atom stereocenters. The average Bonchev–Trinajstić information content (AvgIpc) is 2.79. The molecule has 0 atom stereocenters. The lowest BCUT2D eigenvalue weighted by Crippen LogP contribution is -2.24. The molecule has 1 aromatic heterocycles. The van der Waals surface area contributed by atoms with Gasteiger partial charge in [0.05, 0.1) is 11.1 Å². The smallest absolute Gasteiger partial charge is 0.283 e. The van der Waals surface area contributed by atoms with Crippen molar-refractivity contribution in [2.45, 2.75) is 0 Å². The van der Waals surface area contributed by atoms with E-state index in [9.17, 15) is 4.79 Å². The normalized spacial score (nSPS) is 10.6. The van der Waals surface area contributed by atoms with Gasteiger partial charge in [0.25, 0.3) is 5.91 Å². The number of carbonyl (C=O) groups is 1. The Morgan fingerprint density at radius 1 is 1.00 bits per heavy atom. The first-order valence-corrected chi connectivity index (χ1v) is 6.95. The highest BCUT2D eigenvalue weighted by molar-refractivity contribution is 6.36. The maximum absolute atomic E-state index is 12.3. The number of hydrogen-bond donors (Lipinski definition) is 2. The van der Waals surface area contributed by atoms with Gasteiger partial charge >= 0.3 is 0 Å². The molecule has 6 heteroatoms. The SMILES string of the molecule is NC(N)=NC(=O)c1c(Cl)n(-c2ccccc2)c2ccccc12. The fourth-order valence-electron chi connectivity index (χ4n) is 2.41. The molecule has 1 amide bonds. The second-order valence-electron chi connectivity index (χ2n) is 4.70. The van der Waals surface area contributed by atoms with Crippen molar-refractivity contribution in [1.82, 2.24) is 4.57 Å². The van der Waals surface area contributed by atoms with Gasteiger partial charge in [-0.25, -0.2) is 0 Å². The van der Waals surface area contributed by atoms with Gasteiger partial charge in [0, 0.05) is 11.1 Å². The number of guanidine groups is 1. The summed E-state index contributed by atoms with van der Waals surface area (Å²) in [5.41, 5.74) is 12.6. The standard InChI is InChI=1S/C16H13ClN4O/c17-14-13(15(22)20-16(18)19)11-8-4-5-9-12(11)21(14)10-6-2-1-3-7-10/h1-9H,(H4,18,19,20,22). The highest BCUT2D eigenvalue weighted by Crippen LogP contribution is 2.33. The predicted molar refractivity (Wildman–Crippen MR) is 88.4 cm³/mol. The summed E-state index contributed by atoms with van der Waals surface area (Å²) in [7, 11) is 0. The van der Waals surface area contributed by atoms with E-state index in [1.165, 1.54) is 0 Å². The Morgan fingerprint density at radius 3 is 2.32 bits per heavy atom. The summed E-state index contributed by atoms with van der Waals surface area (Å²) in [6, 6.07) is 17.0. The van der Waals surface area contributed by atoms with E-state index in [4.69, 9.17) is 23.1 Å². The fraction of sp³-hybridized carbons (Fsp3) is 0. The van der Waals surface area contributed by atoms with Crippen LogP contribution in [0.5, 0.6) is 0 Å². The number of fused-ring (bicyclic) bond motifs is 1. The van der Waals surface area contributed by atoms with E-state index in [1.54, 1.807) is 4.57 Å². The van der Waals surface area contributed by atoms with Gasteiger partial charge in [-0.1, -0.05) is 48.0 Å². The van der Waals surface area contributed by atoms with Crippen molar-refractivity contribution in [3.8, 4) is 5.69 Å². The molecule has 3 rings (SSSR count). The monoisotopic (exact) mass is 312 g/mol. The zero-order chi connectivity index (χ0) is 15.7. The minimum atomic E-state index is -0.559. The molecule has 5 nitrogen and oxygen atoms in total. The van der Waals surface area contributed by atoms with Gasteiger partial charge in [-0.3, -0.25) is 9.36 Å². The maximum Gasteiger partial charge on any atom is 0.283 e. The Kier molecular flexibility index (Phi) is 3.56. The van der Waals surface area contributed by atoms with Crippen molar-refractivity contribution in [3.63, 3.8) is 0 Å². The third kappa shape index (κ3) is 2.31. The number of aliphatic imine (C=N–C) groups is 1. The van der Waals surface area contributed by atoms with Crippen LogP contribution in [0.15, 0.2) is 59.6 Å². The van der Waals surface area contributed by atoms with Gasteiger partial charge in [0.15, 0.2) is 5.96 Å². The third-order valence-corrected chi connectivity index (χ3v) is 3.63. The first-order valence-electron chi connectivity index (χ1n) is 6.58. The first-order chi connectivity index (χ1) is 10.6. The highest BCUT2D eigenvalue weighted by Gasteiger charge is 2.21. The maximum atomic E-state index is 12.3. The summed E-state index contributed by atoms with van der Waals surface area (Å²) in [4.78, 5) is 15.9. The summed E-state index contributed by atoms with van der Waals surface area (Å²) < 4.78 is 1.80. The molecule has 0 fully saturated rings. The number of amides is 1. The summed E-state index contributed by atoms with van der Waals surface area (Å²) in [5.74, 6) is -0.853. The van der Waals surface area contributed by atoms with Crippen LogP contribution in [-0.2, 0) is 0 Å². The lowest BCUT2D eigenvalue weighted by Gasteiger charge is -2.06. The van der Waals surface area contributed by atoms with Crippen LogP contribution in [0, 0.1) is 0 Å². The predicted octanol–water partition coefficient (Wildman–Crippen LogP) is 2.70. The number of rotatable bonds is 2. The minimum absolute atomic E-state index is 0.280. The fourth-order valence-corrected chi connectivity index (χ4v) is 2.79. The van der Waals surface area contributed by atoms with E-state index in [1.807, 2.05) is 54.6 Å². The van der Waals surface area contributed by atoms with Crippen LogP contribution in [0.3, 0.4) is 0 Å². The number of nitrogens with two attached hydrogens (primary N) is 2. The van der Waals surface area contributed by atoms with Crippen LogP contribution in [0.4, 0.5) is 0 Å². The van der Waals surface area contributed by atoms with Crippen LogP contribution >= 0.6 is 11.6 Å². The zero-order valence-electron chi connectivity index (χ0n) is 11.5. The summed E-state index contributed by atoms with van der Waals surface area (Å²) in [6.07, 6.45) is 0. The quantitative estimate of drug-likeness (QED) is 0.563. The van der Waals surface area contributed by atoms with Crippen LogP contribution in [0.1, 0.15) is 10.4 Å². The average molecular weight is 313 g/mol. The second-order valence-corrected chi connectivity index (χ2v) is 5.05. The van der Waals surface area contributed by atoms with E-state index in [0.717, 1.165) is 11.2 Å². The van der Waals surface area contributed by atoms with Crippen molar-refractivity contribution in [2.75, 3.05) is 0 Å². The number of hydrogen-bond acceptors (Lipinski definition) is 1. The van der Waals surface area contributed by atoms with Gasteiger partial charge < -0.3 is 11.5 Å². The van der Waals surface area contributed by atoms with Crippen LogP contribution in [0.25, 0.3) is 16.6 Å². The topological polar surface area (TPSA) is 86.4 Å². The Hall–Kier alpha value is -2.79. The molecule has 0 bridgehead atoms. The molecule has 1 heterocycles. The number of benzene rings is 2. The number of carbonyl (C=O) groups excluding carboxylic acids is 1. The largest absolute Gasteiger partial charge is 0.370 e. The summed E-state index contributed by atoms with van der Waals surface area (Å²) in [6.45, 7) is 0. The molecule has 0 spiro atoms. The van der Waals surface area contributed by atoms with E-state index in [0.29, 0.717) is 5.39 Å². The number of nitrogens with zero attached hydrogens (tertiary/aromatic N) is 2. The molecule has 0 aliphatic rings. The first kappa shape index (κ1) is 14.2. The zero-order valence-corrected chi connectivity index (χ0v) is 12.3. The van der Waals surface area contributed by atoms with Crippen LogP contribution < -0.4 is 11.5 Å². The molecule has 0 radical (unpaired) electrons. The molecular weight excluding hydrogens is 300 g/mol. The van der Waals surface area contributed by atoms with E-state index in [2.05, 4.69) is 4.99 Å². The molecule has 2 aromatic carbocycles. The Labute approximate surface area is 131 Å². The van der Waals surface area contributed by atoms with Crippen molar-refractivity contribution >= 4 is 34.4 Å². The Morgan fingerprint density at radius 2 is 1.64 bits per heavy atom. The molecule has 0 saturated heterocycles. The van der Waals surface area contributed by atoms with Crippen LogP contribution in [0.2, 0.25) is 5.15 Å². The Balaban J connectivity index is 2.34. The molecular formula is C16H13ClN4O. The van der Waals surface area contributed by atoms with E-state index >= 15 is 0 Å². The van der Waals surface area contributed by atoms with Gasteiger partial charge in [-0.05, 0) is 18.2 Å². The van der Waals surface area contributed by atoms with Gasteiger partial charge in [0.1, 0.15) is 5.15 Å². The van der Waals surface area contributed by atoms with Crippen molar-refractivity contribution in [2.24, 2.45) is 16.5 Å². The number of para-hydroxylation sites is 2. The lowest BCUT2D eigenvalue weighted by molar-refractivity contribution is 0.100. The van der Waals surface area contributed by atoms with Gasteiger partial charge in [-0.2, -0.15) is 4.99 Å². The third-order valence-electron chi connectivity index (χ3n) is 3.28. The molecule has 0 saturated carbocycles. The van der Waals surface area contributed by atoms with Gasteiger partial charge in [0.2, 0.25) is 0 Å². The Bertz CT molecular complexity index is 880. The molecule has 4 N–H and O–H groups in total. The van der Waals surface area contributed by atoms with E-state index in [-0.39, 0.29) is 16.7 Å². The molecule has 3 aromatic rings. The second kappa shape index (κ2) is 5.54. The van der Waals surface area contributed by atoms with Crippen molar-refractivity contribution in [1.29, 1.82) is 0 Å². The van der Waals surface area contributed by atoms with Crippen LogP contribution in [-0.4, -0.2) is 16.4 Å². The van der Waals surface area contributed by atoms with E-state index < -0.39 is 5.91 Å². The highest BCUT2D eigenvalue weighted by atomic mass is 35.5. The molecule has 110 valence electrons. The minimum Gasteiger partial charge on any atom is -0.370 e. The van der Waals surface area contributed by atoms with Crippen molar-refractivity contribution in [3.05, 3.63) is 65.3 Å². The van der Waals surface area contributed by atoms with Gasteiger partial charge in [-0.15, -0.1) is 0 Å². The lowest BCUT2D eigenvalue weighted by atomic mass is 10.1. The summed E-state index contributed by atoms with van der Waals surface area (Å²) in [5, 5.41) is 0.980. The number of halogens is 1. The summed E-state index contributed by atoms with van der Waals surface area (Å²) >= 11 is 6.46. The molecule has 0 aliphatic carbocycles. The molecule has 0 aliphatic heterocycles. The molecule has 22 heavy (non-hydrogen) atoms.